The van der Waals surface area contributed by atoms with E-state index < -0.39 is 28.7 Å². The van der Waals surface area contributed by atoms with Gasteiger partial charge in [-0.3, -0.25) is 0 Å². The van der Waals surface area contributed by atoms with Gasteiger partial charge in [-0.05, 0) is 81.0 Å². The molecule has 5 nitrogen and oxygen atoms in total. The zero-order valence-corrected chi connectivity index (χ0v) is 26.2. The maximum atomic E-state index is 13.8. The lowest BCUT2D eigenvalue weighted by molar-refractivity contribution is -0.127. The van der Waals surface area contributed by atoms with E-state index in [2.05, 4.69) is 10.0 Å². The molecule has 0 heterocycles. The summed E-state index contributed by atoms with van der Waals surface area (Å²) < 4.78 is 70.3. The molecule has 0 saturated heterocycles. The summed E-state index contributed by atoms with van der Waals surface area (Å²) in [5.74, 6) is -0.0388. The number of rotatable bonds is 7. The second-order valence-corrected chi connectivity index (χ2v) is 13.7. The van der Waals surface area contributed by atoms with Crippen LogP contribution in [0.25, 0.3) is 22.3 Å². The van der Waals surface area contributed by atoms with Crippen molar-refractivity contribution in [2.45, 2.75) is 63.4 Å². The molecule has 10 heteroatoms. The number of nitrogens with one attached hydrogen (secondary N) is 2. The van der Waals surface area contributed by atoms with Crippen molar-refractivity contribution in [1.29, 1.82) is 0 Å². The number of anilines is 1. The average Bonchev–Trinajstić information content (AvgIpc) is 3.30. The Bertz CT molecular complexity index is 1840. The molecular weight excluding hydrogens is 609 g/mol. The molecule has 1 aliphatic carbocycles. The number of amides is 2. The number of sulfonamides is 1. The first-order valence-corrected chi connectivity index (χ1v) is 16.1. The maximum Gasteiger partial charge on any atom is 0.393 e. The second-order valence-electron chi connectivity index (χ2n) is 11.6. The number of alkyl halides is 3. The quantitative estimate of drug-likeness (QED) is 0.186. The molecule has 0 aromatic heterocycles. The molecule has 0 atom stereocenters. The van der Waals surface area contributed by atoms with Crippen LogP contribution in [0, 0.1) is 0 Å². The van der Waals surface area contributed by atoms with E-state index in [0.717, 1.165) is 27.8 Å². The molecule has 0 saturated carbocycles. The summed E-state index contributed by atoms with van der Waals surface area (Å²) in [5, 5.41) is 3.24. The van der Waals surface area contributed by atoms with E-state index in [4.69, 9.17) is 11.6 Å². The number of halogens is 4. The Labute approximate surface area is 260 Å². The number of benzene rings is 4. The van der Waals surface area contributed by atoms with Crippen molar-refractivity contribution in [2.75, 3.05) is 5.32 Å². The first kappa shape index (κ1) is 31.6. The van der Waals surface area contributed by atoms with Gasteiger partial charge in [-0.15, -0.1) is 0 Å². The van der Waals surface area contributed by atoms with E-state index in [1.54, 1.807) is 24.3 Å². The van der Waals surface area contributed by atoms with Gasteiger partial charge in [-0.2, -0.15) is 13.2 Å². The first-order chi connectivity index (χ1) is 20.6. The summed E-state index contributed by atoms with van der Waals surface area (Å²) >= 11 is 6.34. The monoisotopic (exact) mass is 640 g/mol. The van der Waals surface area contributed by atoms with Crippen LogP contribution in [0.3, 0.4) is 0 Å². The van der Waals surface area contributed by atoms with Crippen molar-refractivity contribution in [1.82, 2.24) is 4.72 Å². The van der Waals surface area contributed by atoms with Crippen molar-refractivity contribution >= 4 is 33.3 Å². The third kappa shape index (κ3) is 6.49. The lowest BCUT2D eigenvalue weighted by Gasteiger charge is -2.21. The molecule has 0 unspecified atom stereocenters. The summed E-state index contributed by atoms with van der Waals surface area (Å²) in [5.41, 5.74) is 5.72. The molecule has 4 aromatic rings. The molecule has 2 amide bonds. The van der Waals surface area contributed by atoms with E-state index >= 15 is 0 Å². The maximum absolute atomic E-state index is 13.8. The predicted octanol–water partition coefficient (Wildman–Crippen LogP) is 9.44. The van der Waals surface area contributed by atoms with E-state index in [0.29, 0.717) is 28.3 Å². The topological polar surface area (TPSA) is 75.3 Å². The van der Waals surface area contributed by atoms with Gasteiger partial charge in [0, 0.05) is 16.3 Å². The lowest BCUT2D eigenvalue weighted by atomic mass is 9.92. The van der Waals surface area contributed by atoms with Gasteiger partial charge in [-0.1, -0.05) is 93.9 Å². The lowest BCUT2D eigenvalue weighted by Crippen LogP contribution is -2.35. The van der Waals surface area contributed by atoms with Gasteiger partial charge in [0.25, 0.3) is 10.0 Å². The zero-order valence-electron chi connectivity index (χ0n) is 24.6. The van der Waals surface area contributed by atoms with Gasteiger partial charge in [0.15, 0.2) is 0 Å². The van der Waals surface area contributed by atoms with E-state index in [-0.39, 0.29) is 27.9 Å². The fourth-order valence-corrected chi connectivity index (χ4v) is 7.17. The Balaban J connectivity index is 1.56. The molecule has 0 aliphatic heterocycles. The van der Waals surface area contributed by atoms with E-state index in [1.807, 2.05) is 52.0 Å². The minimum absolute atomic E-state index is 0.0194. The smallest absolute Gasteiger partial charge is 0.307 e. The summed E-state index contributed by atoms with van der Waals surface area (Å²) in [4.78, 5) is 13.1. The highest BCUT2D eigenvalue weighted by Crippen LogP contribution is 2.44. The highest BCUT2D eigenvalue weighted by atomic mass is 35.5. The van der Waals surface area contributed by atoms with Crippen molar-refractivity contribution < 1.29 is 26.4 Å². The molecule has 44 heavy (non-hydrogen) atoms. The van der Waals surface area contributed by atoms with Crippen LogP contribution >= 0.6 is 11.6 Å². The van der Waals surface area contributed by atoms with Gasteiger partial charge < -0.3 is 5.32 Å². The fourth-order valence-electron chi connectivity index (χ4n) is 5.81. The van der Waals surface area contributed by atoms with Crippen LogP contribution in [0.5, 0.6) is 0 Å². The van der Waals surface area contributed by atoms with Crippen molar-refractivity contribution in [2.24, 2.45) is 0 Å². The van der Waals surface area contributed by atoms with Crippen LogP contribution < -0.4 is 10.0 Å². The number of hydrogen-bond donors (Lipinski definition) is 2. The second kappa shape index (κ2) is 11.9. The SMILES string of the molecule is CC(C)c1cc(Cl)cc(C(C)C)c1NC(=O)NS(=O)(=O)c1ccccc1-c1cc(CC(F)(F)F)cc2c1Cc1ccccc1-2. The number of carbonyl (C=O) groups is 1. The Morgan fingerprint density at radius 3 is 1.98 bits per heavy atom. The molecule has 230 valence electrons. The van der Waals surface area contributed by atoms with Crippen molar-refractivity contribution in [3.8, 4) is 22.3 Å². The van der Waals surface area contributed by atoms with Crippen molar-refractivity contribution in [3.63, 3.8) is 0 Å². The Morgan fingerprint density at radius 2 is 1.39 bits per heavy atom. The molecule has 0 radical (unpaired) electrons. The van der Waals surface area contributed by atoms with Crippen LogP contribution in [0.1, 0.15) is 67.3 Å². The van der Waals surface area contributed by atoms with E-state index in [1.165, 1.54) is 24.3 Å². The summed E-state index contributed by atoms with van der Waals surface area (Å²) in [6, 6.07) is 18.9. The van der Waals surface area contributed by atoms with Gasteiger partial charge in [-0.25, -0.2) is 17.9 Å². The third-order valence-electron chi connectivity index (χ3n) is 7.73. The summed E-state index contributed by atoms with van der Waals surface area (Å²) in [7, 11) is -4.48. The molecule has 0 spiro atoms. The third-order valence-corrected chi connectivity index (χ3v) is 9.34. The van der Waals surface area contributed by atoms with Crippen LogP contribution in [-0.2, 0) is 22.9 Å². The van der Waals surface area contributed by atoms with Crippen LogP contribution in [0.2, 0.25) is 5.02 Å². The summed E-state index contributed by atoms with van der Waals surface area (Å²) in [6.45, 7) is 7.76. The van der Waals surface area contributed by atoms with Gasteiger partial charge in [0.05, 0.1) is 11.3 Å². The average molecular weight is 641 g/mol. The van der Waals surface area contributed by atoms with Crippen LogP contribution in [0.15, 0.2) is 77.7 Å². The number of fused-ring (bicyclic) bond motifs is 3. The predicted molar refractivity (Wildman–Crippen MR) is 169 cm³/mol. The van der Waals surface area contributed by atoms with Gasteiger partial charge in [0.2, 0.25) is 0 Å². The fraction of sp³-hybridized carbons (Fsp3) is 0.265. The molecule has 4 aromatic carbocycles. The molecule has 2 N–H and O–H groups in total. The number of urea groups is 1. The standard InChI is InChI=1S/C34H32ClF3N2O3S/c1-19(2)26-16-23(35)17-27(20(3)4)32(26)39-33(41)40-44(42,43)31-12-8-7-11-25(31)29-14-21(18-34(36,37)38)13-28-24-10-6-5-9-22(24)15-30(28)29/h5-14,16-17,19-20H,15,18H2,1-4H3,(H2,39,40,41). The van der Waals surface area contributed by atoms with Crippen molar-refractivity contribution in [3.05, 3.63) is 106 Å². The first-order valence-electron chi connectivity index (χ1n) is 14.2. The minimum Gasteiger partial charge on any atom is -0.307 e. The van der Waals surface area contributed by atoms with Gasteiger partial charge in [0.1, 0.15) is 0 Å². The largest absolute Gasteiger partial charge is 0.393 e. The van der Waals surface area contributed by atoms with Gasteiger partial charge >= 0.3 is 12.2 Å². The minimum atomic E-state index is -4.48. The number of hydrogen-bond acceptors (Lipinski definition) is 3. The highest BCUT2D eigenvalue weighted by molar-refractivity contribution is 7.90. The highest BCUT2D eigenvalue weighted by Gasteiger charge is 2.32. The summed E-state index contributed by atoms with van der Waals surface area (Å²) in [6.07, 6.45) is -5.19. The Kier molecular flexibility index (Phi) is 8.57. The van der Waals surface area contributed by atoms with Crippen LogP contribution in [-0.4, -0.2) is 20.6 Å². The molecule has 1 aliphatic rings. The zero-order chi connectivity index (χ0) is 32.0. The molecule has 0 fully saturated rings. The molecule has 5 rings (SSSR count). The Hall–Kier alpha value is -3.82. The molecular formula is C34H32ClF3N2O3S. The normalized spacial score (nSPS) is 12.8. The van der Waals surface area contributed by atoms with Crippen LogP contribution in [0.4, 0.5) is 23.7 Å². The number of carbonyl (C=O) groups excluding carboxylic acids is 1. The molecule has 0 bridgehead atoms. The Morgan fingerprint density at radius 1 is 0.841 bits per heavy atom. The van der Waals surface area contributed by atoms with E-state index in [9.17, 15) is 26.4 Å².